The molecule has 0 saturated heterocycles. The van der Waals surface area contributed by atoms with E-state index in [1.165, 1.54) is 31.4 Å². The molecule has 8 heteroatoms. The number of rotatable bonds is 7. The average Bonchev–Trinajstić information content (AvgIpc) is 2.61. The fourth-order valence-corrected chi connectivity index (χ4v) is 2.26. The number of hydrogen-bond acceptors (Lipinski definition) is 5. The number of ether oxygens (including phenoxy) is 2. The van der Waals surface area contributed by atoms with E-state index in [2.05, 4.69) is 15.4 Å². The molecule has 0 fully saturated rings. The van der Waals surface area contributed by atoms with Gasteiger partial charge >= 0.3 is 12.6 Å². The van der Waals surface area contributed by atoms with Crippen LogP contribution in [0.2, 0.25) is 0 Å². The molecule has 2 rings (SSSR count). The maximum Gasteiger partial charge on any atom is 0.387 e. The van der Waals surface area contributed by atoms with E-state index in [9.17, 15) is 18.4 Å². The van der Waals surface area contributed by atoms with Gasteiger partial charge in [-0.2, -0.15) is 8.78 Å². The first kappa shape index (κ1) is 19.2. The van der Waals surface area contributed by atoms with Crippen LogP contribution >= 0.6 is 0 Å². The summed E-state index contributed by atoms with van der Waals surface area (Å²) in [6, 6.07) is 10.6. The van der Waals surface area contributed by atoms with Gasteiger partial charge in [0.1, 0.15) is 5.75 Å². The molecule has 0 unspecified atom stereocenters. The van der Waals surface area contributed by atoms with E-state index < -0.39 is 12.6 Å². The Hall–Kier alpha value is -3.16. The molecular weight excluding hydrogens is 346 g/mol. The van der Waals surface area contributed by atoms with Crippen molar-refractivity contribution in [1.29, 1.82) is 0 Å². The van der Waals surface area contributed by atoms with Crippen LogP contribution in [0.5, 0.6) is 5.75 Å². The SMILES string of the molecule is COC(=O)c1cccc(NCC(=O)Nc2ccc(OC(F)F)cc2)c1C. The van der Waals surface area contributed by atoms with Crippen molar-refractivity contribution in [1.82, 2.24) is 0 Å². The molecule has 0 aliphatic carbocycles. The monoisotopic (exact) mass is 364 g/mol. The number of benzene rings is 2. The summed E-state index contributed by atoms with van der Waals surface area (Å²) in [5.41, 5.74) is 2.15. The zero-order chi connectivity index (χ0) is 19.1. The van der Waals surface area contributed by atoms with Gasteiger partial charge in [0.25, 0.3) is 0 Å². The van der Waals surface area contributed by atoms with Crippen molar-refractivity contribution in [3.05, 3.63) is 53.6 Å². The van der Waals surface area contributed by atoms with Crippen molar-refractivity contribution in [2.45, 2.75) is 13.5 Å². The minimum Gasteiger partial charge on any atom is -0.465 e. The minimum absolute atomic E-state index is 0.00590. The molecule has 2 N–H and O–H groups in total. The number of alkyl halides is 2. The first-order valence-electron chi connectivity index (χ1n) is 7.67. The molecule has 6 nitrogen and oxygen atoms in total. The molecule has 1 amide bonds. The zero-order valence-corrected chi connectivity index (χ0v) is 14.2. The van der Waals surface area contributed by atoms with E-state index in [-0.39, 0.29) is 18.2 Å². The molecule has 26 heavy (non-hydrogen) atoms. The van der Waals surface area contributed by atoms with Crippen LogP contribution in [0.4, 0.5) is 20.2 Å². The normalized spacial score (nSPS) is 10.3. The van der Waals surface area contributed by atoms with Crippen molar-refractivity contribution in [3.8, 4) is 5.75 Å². The number of nitrogens with one attached hydrogen (secondary N) is 2. The lowest BCUT2D eigenvalue weighted by Crippen LogP contribution is -2.22. The topological polar surface area (TPSA) is 76.7 Å². The number of carbonyl (C=O) groups excluding carboxylic acids is 2. The second-order valence-electron chi connectivity index (χ2n) is 5.27. The summed E-state index contributed by atoms with van der Waals surface area (Å²) in [6.45, 7) is -1.20. The molecule has 0 heterocycles. The summed E-state index contributed by atoms with van der Waals surface area (Å²) < 4.78 is 33.1. The van der Waals surface area contributed by atoms with E-state index in [1.54, 1.807) is 25.1 Å². The molecule has 0 spiro atoms. The van der Waals surface area contributed by atoms with Gasteiger partial charge in [-0.25, -0.2) is 4.79 Å². The largest absolute Gasteiger partial charge is 0.465 e. The minimum atomic E-state index is -2.90. The Balaban J connectivity index is 1.94. The Bertz CT molecular complexity index is 779. The third kappa shape index (κ3) is 5.17. The third-order valence-electron chi connectivity index (χ3n) is 3.54. The predicted octanol–water partition coefficient (Wildman–Crippen LogP) is 3.43. The summed E-state index contributed by atoms with van der Waals surface area (Å²) in [5.74, 6) is -0.788. The molecule has 0 aliphatic rings. The van der Waals surface area contributed by atoms with Gasteiger partial charge in [0.15, 0.2) is 0 Å². The maximum absolute atomic E-state index is 12.1. The second-order valence-corrected chi connectivity index (χ2v) is 5.27. The van der Waals surface area contributed by atoms with Crippen LogP contribution < -0.4 is 15.4 Å². The van der Waals surface area contributed by atoms with E-state index >= 15 is 0 Å². The van der Waals surface area contributed by atoms with Crippen LogP contribution in [0.25, 0.3) is 0 Å². The number of carbonyl (C=O) groups is 2. The molecular formula is C18H18F2N2O4. The predicted molar refractivity (Wildman–Crippen MR) is 92.7 cm³/mol. The van der Waals surface area contributed by atoms with E-state index in [1.807, 2.05) is 0 Å². The molecule has 0 bridgehead atoms. The number of esters is 1. The summed E-state index contributed by atoms with van der Waals surface area (Å²) in [4.78, 5) is 23.7. The van der Waals surface area contributed by atoms with Crippen molar-refractivity contribution in [2.24, 2.45) is 0 Å². The Morgan fingerprint density at radius 1 is 1.12 bits per heavy atom. The number of amides is 1. The van der Waals surface area contributed by atoms with Gasteiger partial charge < -0.3 is 20.1 Å². The smallest absolute Gasteiger partial charge is 0.387 e. The Morgan fingerprint density at radius 3 is 2.42 bits per heavy atom. The molecule has 138 valence electrons. The van der Waals surface area contributed by atoms with Gasteiger partial charge in [-0.05, 0) is 48.9 Å². The molecule has 0 radical (unpaired) electrons. The number of methoxy groups -OCH3 is 1. The van der Waals surface area contributed by atoms with Crippen LogP contribution in [-0.4, -0.2) is 32.1 Å². The average molecular weight is 364 g/mol. The van der Waals surface area contributed by atoms with E-state index in [4.69, 9.17) is 4.74 Å². The lowest BCUT2D eigenvalue weighted by atomic mass is 10.1. The summed E-state index contributed by atoms with van der Waals surface area (Å²) in [5, 5.41) is 5.57. The lowest BCUT2D eigenvalue weighted by molar-refractivity contribution is -0.114. The fraction of sp³-hybridized carbons (Fsp3) is 0.222. The van der Waals surface area contributed by atoms with Gasteiger partial charge in [0.05, 0.1) is 19.2 Å². The third-order valence-corrected chi connectivity index (χ3v) is 3.54. The Kier molecular flexibility index (Phi) is 6.48. The second kappa shape index (κ2) is 8.80. The number of halogens is 2. The molecule has 2 aromatic carbocycles. The highest BCUT2D eigenvalue weighted by atomic mass is 19.3. The summed E-state index contributed by atoms with van der Waals surface area (Å²) in [6.07, 6.45) is 0. The van der Waals surface area contributed by atoms with Gasteiger partial charge in [0, 0.05) is 11.4 Å². The summed E-state index contributed by atoms with van der Waals surface area (Å²) in [7, 11) is 1.30. The number of hydrogen-bond donors (Lipinski definition) is 2. The lowest BCUT2D eigenvalue weighted by Gasteiger charge is -2.12. The Labute approximate surface area is 149 Å². The quantitative estimate of drug-likeness (QED) is 0.736. The van der Waals surface area contributed by atoms with Crippen LogP contribution in [0.1, 0.15) is 15.9 Å². The molecule has 0 atom stereocenters. The van der Waals surface area contributed by atoms with Gasteiger partial charge in [0.2, 0.25) is 5.91 Å². The van der Waals surface area contributed by atoms with Crippen molar-refractivity contribution < 1.29 is 27.8 Å². The highest BCUT2D eigenvalue weighted by Crippen LogP contribution is 2.20. The van der Waals surface area contributed by atoms with E-state index in [0.29, 0.717) is 22.5 Å². The molecule has 2 aromatic rings. The maximum atomic E-state index is 12.1. The Morgan fingerprint density at radius 2 is 1.81 bits per heavy atom. The highest BCUT2D eigenvalue weighted by Gasteiger charge is 2.12. The van der Waals surface area contributed by atoms with Crippen molar-refractivity contribution in [2.75, 3.05) is 24.3 Å². The standard InChI is InChI=1S/C18H18F2N2O4/c1-11-14(17(24)25-2)4-3-5-15(11)21-10-16(23)22-12-6-8-13(9-7-12)26-18(19)20/h3-9,18,21H,10H2,1-2H3,(H,22,23). The van der Waals surface area contributed by atoms with Crippen molar-refractivity contribution in [3.63, 3.8) is 0 Å². The van der Waals surface area contributed by atoms with Gasteiger partial charge in [-0.1, -0.05) is 6.07 Å². The van der Waals surface area contributed by atoms with Crippen LogP contribution in [0, 0.1) is 6.92 Å². The van der Waals surface area contributed by atoms with Gasteiger partial charge in [-0.15, -0.1) is 0 Å². The highest BCUT2D eigenvalue weighted by molar-refractivity contribution is 5.95. The number of anilines is 2. The molecule has 0 aromatic heterocycles. The van der Waals surface area contributed by atoms with E-state index in [0.717, 1.165) is 0 Å². The fourth-order valence-electron chi connectivity index (χ4n) is 2.26. The van der Waals surface area contributed by atoms with Crippen LogP contribution in [0.15, 0.2) is 42.5 Å². The van der Waals surface area contributed by atoms with Gasteiger partial charge in [-0.3, -0.25) is 4.79 Å². The molecule has 0 saturated carbocycles. The molecule has 0 aliphatic heterocycles. The van der Waals surface area contributed by atoms with Crippen molar-refractivity contribution >= 4 is 23.3 Å². The zero-order valence-electron chi connectivity index (χ0n) is 14.2. The van der Waals surface area contributed by atoms with Crippen LogP contribution in [-0.2, 0) is 9.53 Å². The summed E-state index contributed by atoms with van der Waals surface area (Å²) >= 11 is 0. The first-order chi connectivity index (χ1) is 12.4. The first-order valence-corrected chi connectivity index (χ1v) is 7.67. The van der Waals surface area contributed by atoms with Crippen LogP contribution in [0.3, 0.4) is 0 Å².